The molecule has 0 saturated heterocycles. The predicted octanol–water partition coefficient (Wildman–Crippen LogP) is 5.07. The normalized spacial score (nSPS) is 13.8. The molecule has 3 aromatic rings. The van der Waals surface area contributed by atoms with Gasteiger partial charge in [-0.05, 0) is 69.0 Å². The van der Waals surface area contributed by atoms with E-state index in [9.17, 15) is 4.79 Å². The molecule has 8 heteroatoms. The molecular weight excluding hydrogens is 442 g/mol. The largest absolute Gasteiger partial charge is 0.489 e. The van der Waals surface area contributed by atoms with Crippen molar-refractivity contribution in [2.45, 2.75) is 46.8 Å². The van der Waals surface area contributed by atoms with Gasteiger partial charge in [-0.1, -0.05) is 28.9 Å². The van der Waals surface area contributed by atoms with Crippen molar-refractivity contribution in [3.63, 3.8) is 0 Å². The molecule has 0 unspecified atom stereocenters. The van der Waals surface area contributed by atoms with Crippen molar-refractivity contribution in [1.82, 2.24) is 15.0 Å². The van der Waals surface area contributed by atoms with Gasteiger partial charge in [0.1, 0.15) is 5.75 Å². The molecule has 2 heterocycles. The Morgan fingerprint density at radius 1 is 1.27 bits per heavy atom. The summed E-state index contributed by atoms with van der Waals surface area (Å²) in [6.07, 6.45) is 0.888. The number of ether oxygens (including phenoxy) is 2. The molecule has 33 heavy (non-hydrogen) atoms. The van der Waals surface area contributed by atoms with Crippen LogP contribution in [0.5, 0.6) is 5.75 Å². The van der Waals surface area contributed by atoms with Crippen LogP contribution in [-0.4, -0.2) is 46.8 Å². The molecule has 0 N–H and O–H groups in total. The molecule has 0 amide bonds. The lowest BCUT2D eigenvalue weighted by molar-refractivity contribution is -0.144. The number of aromatic nitrogens is 2. The van der Waals surface area contributed by atoms with Crippen molar-refractivity contribution in [2.24, 2.45) is 0 Å². The predicted molar refractivity (Wildman–Crippen MR) is 126 cm³/mol. The van der Waals surface area contributed by atoms with E-state index in [1.54, 1.807) is 6.07 Å². The van der Waals surface area contributed by atoms with E-state index in [2.05, 4.69) is 28.0 Å². The fourth-order valence-electron chi connectivity index (χ4n) is 4.10. The van der Waals surface area contributed by atoms with Crippen LogP contribution in [0.1, 0.15) is 37.5 Å². The van der Waals surface area contributed by atoms with Crippen LogP contribution < -0.4 is 4.74 Å². The van der Waals surface area contributed by atoms with E-state index in [4.69, 9.17) is 25.6 Å². The molecule has 2 aromatic carbocycles. The molecule has 0 aliphatic carbocycles. The first-order chi connectivity index (χ1) is 15.9. The smallest absolute Gasteiger partial charge is 0.320 e. The summed E-state index contributed by atoms with van der Waals surface area (Å²) < 4.78 is 16.3. The van der Waals surface area contributed by atoms with Crippen molar-refractivity contribution in [3.05, 3.63) is 52.0 Å². The minimum Gasteiger partial charge on any atom is -0.489 e. The van der Waals surface area contributed by atoms with Gasteiger partial charge < -0.3 is 14.0 Å². The molecule has 0 spiro atoms. The van der Waals surface area contributed by atoms with Crippen molar-refractivity contribution in [2.75, 3.05) is 19.7 Å². The standard InChI is InChI=1S/C25H28ClN3O4/c1-5-31-23(30)14-29-11-10-19-16(4)20(8-6-18(19)13-29)24-27-25(33-28-24)17-7-9-22(21(26)12-17)32-15(2)3/h6-9,12,15H,5,10-11,13-14H2,1-4H3. The van der Waals surface area contributed by atoms with Gasteiger partial charge in [-0.3, -0.25) is 9.69 Å². The zero-order valence-electron chi connectivity index (χ0n) is 19.4. The Kier molecular flexibility index (Phi) is 7.00. The lowest BCUT2D eigenvalue weighted by Gasteiger charge is -2.29. The molecule has 174 valence electrons. The summed E-state index contributed by atoms with van der Waals surface area (Å²) >= 11 is 6.36. The summed E-state index contributed by atoms with van der Waals surface area (Å²) in [5, 5.41) is 4.71. The Morgan fingerprint density at radius 3 is 2.82 bits per heavy atom. The molecule has 1 aromatic heterocycles. The van der Waals surface area contributed by atoms with Crippen LogP contribution in [0.2, 0.25) is 5.02 Å². The lowest BCUT2D eigenvalue weighted by atomic mass is 9.91. The highest BCUT2D eigenvalue weighted by atomic mass is 35.5. The van der Waals surface area contributed by atoms with E-state index >= 15 is 0 Å². The van der Waals surface area contributed by atoms with E-state index in [1.165, 1.54) is 11.1 Å². The summed E-state index contributed by atoms with van der Waals surface area (Å²) in [5.74, 6) is 1.38. The molecule has 1 aliphatic heterocycles. The van der Waals surface area contributed by atoms with Crippen molar-refractivity contribution in [1.29, 1.82) is 0 Å². The maximum Gasteiger partial charge on any atom is 0.320 e. The Hall–Kier alpha value is -2.90. The maximum absolute atomic E-state index is 11.8. The van der Waals surface area contributed by atoms with E-state index < -0.39 is 0 Å². The van der Waals surface area contributed by atoms with E-state index in [0.717, 1.165) is 36.2 Å². The van der Waals surface area contributed by atoms with Gasteiger partial charge in [0.2, 0.25) is 5.82 Å². The average molecular weight is 470 g/mol. The summed E-state index contributed by atoms with van der Waals surface area (Å²) in [7, 11) is 0. The first kappa shape index (κ1) is 23.3. The number of carbonyl (C=O) groups is 1. The summed E-state index contributed by atoms with van der Waals surface area (Å²) in [5.41, 5.74) is 5.29. The number of halogens is 1. The number of hydrogen-bond acceptors (Lipinski definition) is 7. The second-order valence-corrected chi connectivity index (χ2v) is 8.78. The van der Waals surface area contributed by atoms with Crippen LogP contribution in [0.25, 0.3) is 22.8 Å². The molecule has 7 nitrogen and oxygen atoms in total. The van der Waals surface area contributed by atoms with Gasteiger partial charge in [-0.2, -0.15) is 4.98 Å². The highest BCUT2D eigenvalue weighted by Crippen LogP contribution is 2.33. The summed E-state index contributed by atoms with van der Waals surface area (Å²) in [6, 6.07) is 9.55. The van der Waals surface area contributed by atoms with Gasteiger partial charge >= 0.3 is 5.97 Å². The van der Waals surface area contributed by atoms with Gasteiger partial charge in [-0.15, -0.1) is 0 Å². The Morgan fingerprint density at radius 2 is 2.09 bits per heavy atom. The molecule has 0 bridgehead atoms. The summed E-state index contributed by atoms with van der Waals surface area (Å²) in [4.78, 5) is 18.6. The van der Waals surface area contributed by atoms with Gasteiger partial charge in [0.15, 0.2) is 0 Å². The zero-order chi connectivity index (χ0) is 23.5. The third-order valence-corrected chi connectivity index (χ3v) is 5.93. The zero-order valence-corrected chi connectivity index (χ0v) is 20.1. The monoisotopic (exact) mass is 469 g/mol. The second kappa shape index (κ2) is 9.93. The number of carbonyl (C=O) groups excluding carboxylic acids is 1. The van der Waals surface area contributed by atoms with Gasteiger partial charge in [-0.25, -0.2) is 0 Å². The van der Waals surface area contributed by atoms with Crippen LogP contribution >= 0.6 is 11.6 Å². The van der Waals surface area contributed by atoms with Crippen molar-refractivity contribution < 1.29 is 18.8 Å². The van der Waals surface area contributed by atoms with Crippen molar-refractivity contribution in [3.8, 4) is 28.6 Å². The number of hydrogen-bond donors (Lipinski definition) is 0. The van der Waals surface area contributed by atoms with Crippen LogP contribution in [0.4, 0.5) is 0 Å². The van der Waals surface area contributed by atoms with E-state index in [1.807, 2.05) is 39.0 Å². The van der Waals surface area contributed by atoms with Crippen LogP contribution in [0.15, 0.2) is 34.9 Å². The Bertz CT molecular complexity index is 1160. The average Bonchev–Trinajstić information content (AvgIpc) is 3.25. The SMILES string of the molecule is CCOC(=O)CN1CCc2c(ccc(-c3noc(-c4ccc(OC(C)C)c(Cl)c4)n3)c2C)C1. The first-order valence-corrected chi connectivity index (χ1v) is 11.5. The third-order valence-electron chi connectivity index (χ3n) is 5.63. The van der Waals surface area contributed by atoms with Crippen LogP contribution in [0.3, 0.4) is 0 Å². The second-order valence-electron chi connectivity index (χ2n) is 8.38. The number of esters is 1. The molecule has 4 rings (SSSR count). The van der Waals surface area contributed by atoms with Gasteiger partial charge in [0.05, 0.1) is 24.3 Å². The van der Waals surface area contributed by atoms with Crippen LogP contribution in [-0.2, 0) is 22.5 Å². The quantitative estimate of drug-likeness (QED) is 0.447. The minimum atomic E-state index is -0.183. The number of benzene rings is 2. The fourth-order valence-corrected chi connectivity index (χ4v) is 4.32. The highest BCUT2D eigenvalue weighted by molar-refractivity contribution is 6.32. The Balaban J connectivity index is 1.54. The third kappa shape index (κ3) is 5.20. The van der Waals surface area contributed by atoms with Gasteiger partial charge in [0, 0.05) is 24.2 Å². The topological polar surface area (TPSA) is 77.7 Å². The molecular formula is C25H28ClN3O4. The molecule has 0 radical (unpaired) electrons. The molecule has 0 atom stereocenters. The van der Waals surface area contributed by atoms with Crippen molar-refractivity contribution >= 4 is 17.6 Å². The Labute approximate surface area is 198 Å². The molecule has 1 aliphatic rings. The highest BCUT2D eigenvalue weighted by Gasteiger charge is 2.23. The molecule has 0 fully saturated rings. The van der Waals surface area contributed by atoms with Crippen LogP contribution in [0, 0.1) is 6.92 Å². The lowest BCUT2D eigenvalue weighted by Crippen LogP contribution is -2.35. The maximum atomic E-state index is 11.8. The number of rotatable bonds is 7. The number of nitrogens with zero attached hydrogens (tertiary/aromatic N) is 3. The fraction of sp³-hybridized carbons (Fsp3) is 0.400. The number of fused-ring (bicyclic) bond motifs is 1. The van der Waals surface area contributed by atoms with E-state index in [-0.39, 0.29) is 12.1 Å². The minimum absolute atomic E-state index is 0.0348. The molecule has 0 saturated carbocycles. The summed E-state index contributed by atoms with van der Waals surface area (Å²) in [6.45, 7) is 10.0. The van der Waals surface area contributed by atoms with Gasteiger partial charge in [0.25, 0.3) is 5.89 Å². The van der Waals surface area contributed by atoms with E-state index in [0.29, 0.717) is 35.6 Å². The first-order valence-electron chi connectivity index (χ1n) is 11.2.